The number of benzene rings is 1. The van der Waals surface area contributed by atoms with Gasteiger partial charge in [-0.25, -0.2) is 9.78 Å². The van der Waals surface area contributed by atoms with Gasteiger partial charge in [0.1, 0.15) is 5.01 Å². The Balaban J connectivity index is 1.96. The molecule has 0 fully saturated rings. The van der Waals surface area contributed by atoms with Crippen LogP contribution in [0.1, 0.15) is 47.8 Å². The van der Waals surface area contributed by atoms with Gasteiger partial charge in [-0.05, 0) is 33.3 Å². The molecule has 0 aliphatic rings. The van der Waals surface area contributed by atoms with Crippen molar-refractivity contribution in [1.82, 2.24) is 15.2 Å². The van der Waals surface area contributed by atoms with Crippen molar-refractivity contribution in [3.63, 3.8) is 0 Å². The number of aromatic nitrogens is 1. The monoisotopic (exact) mass is 347 g/mol. The minimum absolute atomic E-state index is 0.151. The number of carbonyl (C=O) groups excluding carboxylic acids is 1. The van der Waals surface area contributed by atoms with Crippen LogP contribution in [0, 0.1) is 13.8 Å². The first-order valence-electron chi connectivity index (χ1n) is 8.12. The maximum Gasteiger partial charge on any atom is 0.318 e. The number of carbonyl (C=O) groups is 1. The van der Waals surface area contributed by atoms with Crippen LogP contribution >= 0.6 is 11.3 Å². The second-order valence-corrected chi connectivity index (χ2v) is 6.85. The van der Waals surface area contributed by atoms with Crippen LogP contribution < -0.4 is 5.32 Å². The summed E-state index contributed by atoms with van der Waals surface area (Å²) in [5.74, 6) is 0. The maximum absolute atomic E-state index is 12.5. The summed E-state index contributed by atoms with van der Waals surface area (Å²) in [5, 5.41) is 16.2. The summed E-state index contributed by atoms with van der Waals surface area (Å²) in [4.78, 5) is 18.5. The Morgan fingerprint density at radius 3 is 2.54 bits per heavy atom. The second-order valence-electron chi connectivity index (χ2n) is 5.96. The average Bonchev–Trinajstić information content (AvgIpc) is 2.99. The lowest BCUT2D eigenvalue weighted by atomic mass is 10.1. The molecule has 2 unspecified atom stereocenters. The molecule has 2 rings (SSSR count). The zero-order valence-electron chi connectivity index (χ0n) is 14.6. The fourth-order valence-corrected chi connectivity index (χ4v) is 3.17. The molecule has 0 saturated carbocycles. The molecule has 0 aliphatic carbocycles. The molecule has 0 saturated heterocycles. The van der Waals surface area contributed by atoms with Crippen LogP contribution in [-0.4, -0.2) is 34.1 Å². The molecule has 2 amide bonds. The molecular weight excluding hydrogens is 322 g/mol. The second kappa shape index (κ2) is 8.26. The smallest absolute Gasteiger partial charge is 0.318 e. The lowest BCUT2D eigenvalue weighted by Crippen LogP contribution is -2.42. The van der Waals surface area contributed by atoms with Gasteiger partial charge in [0.25, 0.3) is 0 Å². The van der Waals surface area contributed by atoms with Crippen LogP contribution in [0.2, 0.25) is 0 Å². The molecule has 24 heavy (non-hydrogen) atoms. The Morgan fingerprint density at radius 2 is 2.00 bits per heavy atom. The molecule has 0 spiro atoms. The summed E-state index contributed by atoms with van der Waals surface area (Å²) < 4.78 is 0. The largest absolute Gasteiger partial charge is 0.387 e. The third kappa shape index (κ3) is 4.79. The Morgan fingerprint density at radius 1 is 1.33 bits per heavy atom. The molecular formula is C18H25N3O2S. The van der Waals surface area contributed by atoms with Crippen molar-refractivity contribution in [2.75, 3.05) is 13.1 Å². The van der Waals surface area contributed by atoms with Gasteiger partial charge in [-0.1, -0.05) is 29.8 Å². The minimum Gasteiger partial charge on any atom is -0.387 e. The van der Waals surface area contributed by atoms with E-state index in [4.69, 9.17) is 0 Å². The molecule has 1 heterocycles. The molecule has 1 aromatic carbocycles. The minimum atomic E-state index is -0.700. The first-order chi connectivity index (χ1) is 11.4. The van der Waals surface area contributed by atoms with Gasteiger partial charge in [0, 0.05) is 17.6 Å². The molecule has 2 atom stereocenters. The van der Waals surface area contributed by atoms with Crippen molar-refractivity contribution in [3.8, 4) is 0 Å². The fraction of sp³-hybridized carbons (Fsp3) is 0.444. The van der Waals surface area contributed by atoms with Crippen molar-refractivity contribution in [2.24, 2.45) is 0 Å². The van der Waals surface area contributed by atoms with Gasteiger partial charge >= 0.3 is 6.03 Å². The van der Waals surface area contributed by atoms with E-state index in [2.05, 4.69) is 10.3 Å². The topological polar surface area (TPSA) is 65.5 Å². The van der Waals surface area contributed by atoms with Gasteiger partial charge in [-0.3, -0.25) is 0 Å². The van der Waals surface area contributed by atoms with Crippen molar-refractivity contribution in [3.05, 3.63) is 51.5 Å². The molecule has 0 bridgehead atoms. The molecule has 0 aliphatic heterocycles. The van der Waals surface area contributed by atoms with E-state index in [1.165, 1.54) is 11.3 Å². The third-order valence-electron chi connectivity index (χ3n) is 3.87. The standard InChI is InChI=1S/C18H25N3O2S/c1-5-21(10-16(22)15-8-6-12(2)7-9-15)18(23)20-14(4)17-19-13(3)11-24-17/h6-9,11,14,16,22H,5,10H2,1-4H3,(H,20,23). The van der Waals surface area contributed by atoms with Crippen LogP contribution in [0.3, 0.4) is 0 Å². The van der Waals surface area contributed by atoms with Crippen LogP contribution in [0.5, 0.6) is 0 Å². The molecule has 2 N–H and O–H groups in total. The van der Waals surface area contributed by atoms with Crippen molar-refractivity contribution in [2.45, 2.75) is 39.8 Å². The molecule has 6 heteroatoms. The summed E-state index contributed by atoms with van der Waals surface area (Å²) in [7, 11) is 0. The predicted molar refractivity (Wildman–Crippen MR) is 97.2 cm³/mol. The number of likely N-dealkylation sites (N-methyl/N-ethyl adjacent to an activating group) is 1. The maximum atomic E-state index is 12.5. The van der Waals surface area contributed by atoms with E-state index in [1.54, 1.807) is 4.90 Å². The van der Waals surface area contributed by atoms with Crippen molar-refractivity contribution < 1.29 is 9.90 Å². The van der Waals surface area contributed by atoms with Gasteiger partial charge < -0.3 is 15.3 Å². The van der Waals surface area contributed by atoms with Crippen LogP contribution in [0.15, 0.2) is 29.6 Å². The lowest BCUT2D eigenvalue weighted by Gasteiger charge is -2.26. The van der Waals surface area contributed by atoms with E-state index in [9.17, 15) is 9.90 Å². The molecule has 130 valence electrons. The van der Waals surface area contributed by atoms with Gasteiger partial charge in [-0.15, -0.1) is 11.3 Å². The summed E-state index contributed by atoms with van der Waals surface area (Å²) in [6.07, 6.45) is -0.700. The highest BCUT2D eigenvalue weighted by Crippen LogP contribution is 2.19. The number of nitrogens with zero attached hydrogens (tertiary/aromatic N) is 2. The number of aliphatic hydroxyl groups is 1. The number of hydrogen-bond acceptors (Lipinski definition) is 4. The summed E-state index contributed by atoms with van der Waals surface area (Å²) in [5.41, 5.74) is 2.91. The normalized spacial score (nSPS) is 13.4. The molecule has 0 radical (unpaired) electrons. The van der Waals surface area contributed by atoms with Crippen molar-refractivity contribution in [1.29, 1.82) is 0 Å². The number of aliphatic hydroxyl groups excluding tert-OH is 1. The van der Waals surface area contributed by atoms with E-state index in [0.717, 1.165) is 21.8 Å². The van der Waals surface area contributed by atoms with E-state index in [1.807, 2.05) is 57.3 Å². The number of rotatable bonds is 6. The van der Waals surface area contributed by atoms with E-state index in [-0.39, 0.29) is 18.6 Å². The number of hydrogen-bond donors (Lipinski definition) is 2. The van der Waals surface area contributed by atoms with Gasteiger partial charge in [0.2, 0.25) is 0 Å². The van der Waals surface area contributed by atoms with E-state index >= 15 is 0 Å². The number of thiazole rings is 1. The SMILES string of the molecule is CCN(CC(O)c1ccc(C)cc1)C(=O)NC(C)c1nc(C)cs1. The Bertz CT molecular complexity index is 669. The van der Waals surface area contributed by atoms with Crippen LogP contribution in [0.25, 0.3) is 0 Å². The van der Waals surface area contributed by atoms with Crippen LogP contribution in [-0.2, 0) is 0 Å². The zero-order valence-corrected chi connectivity index (χ0v) is 15.4. The van der Waals surface area contributed by atoms with Gasteiger partial charge in [0.05, 0.1) is 18.7 Å². The van der Waals surface area contributed by atoms with E-state index < -0.39 is 6.10 Å². The number of urea groups is 1. The number of nitrogens with one attached hydrogen (secondary N) is 1. The fourth-order valence-electron chi connectivity index (χ4n) is 2.37. The summed E-state index contributed by atoms with van der Waals surface area (Å²) in [6, 6.07) is 7.37. The Labute approximate surface area is 147 Å². The average molecular weight is 347 g/mol. The summed E-state index contributed by atoms with van der Waals surface area (Å²) >= 11 is 1.54. The first-order valence-corrected chi connectivity index (χ1v) is 9.00. The number of amides is 2. The predicted octanol–water partition coefficient (Wildman–Crippen LogP) is 3.59. The highest BCUT2D eigenvalue weighted by atomic mass is 32.1. The number of aryl methyl sites for hydroxylation is 2. The first kappa shape index (κ1) is 18.4. The Kier molecular flexibility index (Phi) is 6.34. The highest BCUT2D eigenvalue weighted by molar-refractivity contribution is 7.09. The van der Waals surface area contributed by atoms with Gasteiger partial charge in [-0.2, -0.15) is 0 Å². The Hall–Kier alpha value is -1.92. The zero-order chi connectivity index (χ0) is 17.7. The quantitative estimate of drug-likeness (QED) is 0.839. The summed E-state index contributed by atoms with van der Waals surface area (Å²) in [6.45, 7) is 8.54. The lowest BCUT2D eigenvalue weighted by molar-refractivity contribution is 0.122. The molecule has 2 aromatic rings. The molecule has 1 aromatic heterocycles. The van der Waals surface area contributed by atoms with Gasteiger partial charge in [0.15, 0.2) is 0 Å². The molecule has 5 nitrogen and oxygen atoms in total. The van der Waals surface area contributed by atoms with Crippen LogP contribution in [0.4, 0.5) is 4.79 Å². The third-order valence-corrected chi connectivity index (χ3v) is 5.02. The highest BCUT2D eigenvalue weighted by Gasteiger charge is 2.20. The van der Waals surface area contributed by atoms with E-state index in [0.29, 0.717) is 6.54 Å². The van der Waals surface area contributed by atoms with Crippen molar-refractivity contribution >= 4 is 17.4 Å².